The van der Waals surface area contributed by atoms with Crippen molar-refractivity contribution >= 4 is 45.5 Å². The Hall–Kier alpha value is -1.97. The smallest absolute Gasteiger partial charge is 0.231 e. The third-order valence-electron chi connectivity index (χ3n) is 3.97. The number of halogens is 1. The van der Waals surface area contributed by atoms with Crippen molar-refractivity contribution in [2.75, 3.05) is 11.1 Å². The molecule has 5 nitrogen and oxygen atoms in total. The number of hydrogen-bond acceptors (Lipinski definition) is 7. The summed E-state index contributed by atoms with van der Waals surface area (Å²) in [4.78, 5) is 13.5. The third-order valence-corrected chi connectivity index (χ3v) is 6.90. The van der Waals surface area contributed by atoms with Gasteiger partial charge in [-0.25, -0.2) is 4.39 Å². The average Bonchev–Trinajstić information content (AvgIpc) is 3.13. The maximum absolute atomic E-state index is 13.2. The Morgan fingerprint density at radius 1 is 1.26 bits per heavy atom. The van der Waals surface area contributed by atoms with E-state index in [9.17, 15) is 9.18 Å². The summed E-state index contributed by atoms with van der Waals surface area (Å²) in [5, 5.41) is 17.3. The molecule has 1 aliphatic carbocycles. The van der Waals surface area contributed by atoms with E-state index in [-0.39, 0.29) is 23.5 Å². The van der Waals surface area contributed by atoms with Crippen molar-refractivity contribution in [1.29, 1.82) is 0 Å². The summed E-state index contributed by atoms with van der Waals surface area (Å²) >= 11 is 4.40. The van der Waals surface area contributed by atoms with Crippen LogP contribution in [0.2, 0.25) is 0 Å². The number of hydrogen-bond donors (Lipinski definition) is 2. The first-order valence-corrected chi connectivity index (χ1v) is 11.2. The van der Waals surface area contributed by atoms with Crippen LogP contribution in [-0.2, 0) is 4.79 Å². The van der Waals surface area contributed by atoms with E-state index < -0.39 is 0 Å². The maximum atomic E-state index is 13.2. The Labute approximate surface area is 168 Å². The highest BCUT2D eigenvalue weighted by Crippen LogP contribution is 2.31. The molecule has 4 rings (SSSR count). The number of carbonyl (C=O) groups excluding carboxylic acids is 1. The van der Waals surface area contributed by atoms with Gasteiger partial charge in [0.15, 0.2) is 4.34 Å². The number of nitrogens with one attached hydrogen (secondary N) is 2. The average molecular weight is 421 g/mol. The molecule has 1 aliphatic rings. The Morgan fingerprint density at radius 2 is 2.07 bits per heavy atom. The fourth-order valence-electron chi connectivity index (χ4n) is 2.49. The molecule has 1 aromatic carbocycles. The maximum Gasteiger partial charge on any atom is 0.231 e. The zero-order chi connectivity index (χ0) is 18.6. The van der Waals surface area contributed by atoms with Crippen molar-refractivity contribution in [1.82, 2.24) is 15.5 Å². The molecule has 0 unspecified atom stereocenters. The van der Waals surface area contributed by atoms with E-state index in [0.717, 1.165) is 19.9 Å². The standard InChI is InChI=1S/C18H17FN4OS3/c19-12-5-3-11(4-6-12)16(14-2-1-9-25-14)21-15(24)10-26-18-23-22-17(27-18)20-13-7-8-13/h1-6,9,13,16H,7-8,10H2,(H,20,22)(H,21,24)/t16-/m1/s1. The lowest BCUT2D eigenvalue weighted by Gasteiger charge is -2.18. The van der Waals surface area contributed by atoms with Gasteiger partial charge in [0.2, 0.25) is 11.0 Å². The van der Waals surface area contributed by atoms with Gasteiger partial charge in [-0.05, 0) is 42.0 Å². The molecule has 2 heterocycles. The van der Waals surface area contributed by atoms with Crippen molar-refractivity contribution in [3.63, 3.8) is 0 Å². The Bertz CT molecular complexity index is 894. The zero-order valence-corrected chi connectivity index (χ0v) is 16.7. The minimum absolute atomic E-state index is 0.102. The SMILES string of the molecule is O=C(CSc1nnc(NC2CC2)s1)N[C@H](c1ccc(F)cc1)c1cccs1. The van der Waals surface area contributed by atoms with Crippen molar-refractivity contribution < 1.29 is 9.18 Å². The largest absolute Gasteiger partial charge is 0.357 e. The molecule has 0 aliphatic heterocycles. The van der Waals surface area contributed by atoms with Crippen LogP contribution in [0.25, 0.3) is 0 Å². The molecule has 0 bridgehead atoms. The number of carbonyl (C=O) groups is 1. The van der Waals surface area contributed by atoms with E-state index in [1.54, 1.807) is 23.5 Å². The monoisotopic (exact) mass is 420 g/mol. The lowest BCUT2D eigenvalue weighted by Crippen LogP contribution is -2.30. The van der Waals surface area contributed by atoms with E-state index >= 15 is 0 Å². The highest BCUT2D eigenvalue weighted by Gasteiger charge is 2.23. The van der Waals surface area contributed by atoms with Crippen molar-refractivity contribution in [2.24, 2.45) is 0 Å². The molecule has 1 amide bonds. The van der Waals surface area contributed by atoms with Crippen LogP contribution in [0.5, 0.6) is 0 Å². The zero-order valence-electron chi connectivity index (χ0n) is 14.2. The first-order valence-electron chi connectivity index (χ1n) is 8.48. The van der Waals surface area contributed by atoms with Crippen LogP contribution in [0.3, 0.4) is 0 Å². The fourth-order valence-corrected chi connectivity index (χ4v) is 4.93. The van der Waals surface area contributed by atoms with Gasteiger partial charge in [0.05, 0.1) is 11.8 Å². The molecule has 1 saturated carbocycles. The van der Waals surface area contributed by atoms with Crippen LogP contribution in [0.15, 0.2) is 46.1 Å². The van der Waals surface area contributed by atoms with E-state index in [0.29, 0.717) is 6.04 Å². The molecule has 0 radical (unpaired) electrons. The first kappa shape index (κ1) is 18.4. The van der Waals surface area contributed by atoms with Gasteiger partial charge in [-0.2, -0.15) is 0 Å². The predicted octanol–water partition coefficient (Wildman–Crippen LogP) is 4.31. The van der Waals surface area contributed by atoms with Gasteiger partial charge in [0, 0.05) is 10.9 Å². The Kier molecular flexibility index (Phi) is 5.70. The minimum atomic E-state index is -0.294. The van der Waals surface area contributed by atoms with Gasteiger partial charge in [0.25, 0.3) is 0 Å². The normalized spacial score (nSPS) is 14.7. The summed E-state index contributed by atoms with van der Waals surface area (Å²) in [5.74, 6) is -0.145. The molecule has 1 fully saturated rings. The number of thiophene rings is 1. The van der Waals surface area contributed by atoms with Gasteiger partial charge in [0.1, 0.15) is 5.82 Å². The van der Waals surface area contributed by atoms with E-state index in [1.165, 1.54) is 48.1 Å². The van der Waals surface area contributed by atoms with Crippen molar-refractivity contribution in [3.05, 3.63) is 58.0 Å². The Morgan fingerprint density at radius 3 is 2.78 bits per heavy atom. The van der Waals surface area contributed by atoms with Gasteiger partial charge in [-0.1, -0.05) is 41.3 Å². The lowest BCUT2D eigenvalue weighted by atomic mass is 10.1. The molecule has 3 aromatic rings. The topological polar surface area (TPSA) is 66.9 Å². The molecular weight excluding hydrogens is 403 g/mol. The second-order valence-electron chi connectivity index (χ2n) is 6.15. The van der Waals surface area contributed by atoms with Crippen LogP contribution < -0.4 is 10.6 Å². The number of rotatable bonds is 8. The second-order valence-corrected chi connectivity index (χ2v) is 9.33. The number of benzene rings is 1. The van der Waals surface area contributed by atoms with Crippen LogP contribution in [0.1, 0.15) is 29.3 Å². The van der Waals surface area contributed by atoms with Crippen LogP contribution >= 0.6 is 34.4 Å². The molecule has 9 heteroatoms. The second kappa shape index (κ2) is 8.37. The summed E-state index contributed by atoms with van der Waals surface area (Å²) in [6.07, 6.45) is 2.36. The fraction of sp³-hybridized carbons (Fsp3) is 0.278. The summed E-state index contributed by atoms with van der Waals surface area (Å²) in [6.45, 7) is 0. The highest BCUT2D eigenvalue weighted by molar-refractivity contribution is 8.01. The van der Waals surface area contributed by atoms with E-state index in [2.05, 4.69) is 20.8 Å². The molecular formula is C18H17FN4OS3. The number of amides is 1. The molecule has 0 saturated heterocycles. The summed E-state index contributed by atoms with van der Waals surface area (Å²) < 4.78 is 14.0. The third kappa shape index (κ3) is 5.06. The molecule has 1 atom stereocenters. The number of nitrogens with zero attached hydrogens (tertiary/aromatic N) is 2. The van der Waals surface area contributed by atoms with Gasteiger partial charge < -0.3 is 10.6 Å². The van der Waals surface area contributed by atoms with Crippen molar-refractivity contribution in [3.8, 4) is 0 Å². The highest BCUT2D eigenvalue weighted by atomic mass is 32.2. The Balaban J connectivity index is 1.37. The summed E-state index contributed by atoms with van der Waals surface area (Å²) in [6, 6.07) is 10.4. The number of anilines is 1. The first-order chi connectivity index (χ1) is 13.2. The quantitative estimate of drug-likeness (QED) is 0.532. The lowest BCUT2D eigenvalue weighted by molar-refractivity contribution is -0.119. The summed E-state index contributed by atoms with van der Waals surface area (Å²) in [7, 11) is 0. The van der Waals surface area contributed by atoms with Crippen LogP contribution in [0, 0.1) is 5.82 Å². The van der Waals surface area contributed by atoms with Crippen LogP contribution in [0.4, 0.5) is 9.52 Å². The minimum Gasteiger partial charge on any atom is -0.357 e. The molecule has 0 spiro atoms. The number of aromatic nitrogens is 2. The van der Waals surface area contributed by atoms with Gasteiger partial charge in [-0.15, -0.1) is 21.5 Å². The molecule has 140 valence electrons. The predicted molar refractivity (Wildman–Crippen MR) is 108 cm³/mol. The van der Waals surface area contributed by atoms with E-state index in [1.807, 2.05) is 17.5 Å². The molecule has 27 heavy (non-hydrogen) atoms. The van der Waals surface area contributed by atoms with Gasteiger partial charge in [-0.3, -0.25) is 4.79 Å². The van der Waals surface area contributed by atoms with Crippen molar-refractivity contribution in [2.45, 2.75) is 29.3 Å². The van der Waals surface area contributed by atoms with E-state index in [4.69, 9.17) is 0 Å². The number of thioether (sulfide) groups is 1. The molecule has 2 aromatic heterocycles. The molecule has 2 N–H and O–H groups in total. The van der Waals surface area contributed by atoms with Crippen LogP contribution in [-0.4, -0.2) is 27.9 Å². The van der Waals surface area contributed by atoms with Gasteiger partial charge >= 0.3 is 0 Å². The summed E-state index contributed by atoms with van der Waals surface area (Å²) in [5.41, 5.74) is 0.851.